The molecule has 0 N–H and O–H groups in total. The summed E-state index contributed by atoms with van der Waals surface area (Å²) in [6.45, 7) is 6.31. The third-order valence-electron chi connectivity index (χ3n) is 2.79. The molecule has 2 atom stereocenters. The first-order valence-corrected chi connectivity index (χ1v) is 6.49. The van der Waals surface area contributed by atoms with Crippen molar-refractivity contribution < 1.29 is 32.2 Å². The molecule has 0 amide bonds. The summed E-state index contributed by atoms with van der Waals surface area (Å²) in [5.41, 5.74) is 0. The number of rotatable bonds is 7. The zero-order valence-electron chi connectivity index (χ0n) is 12.1. The molecule has 0 aliphatic carbocycles. The van der Waals surface area contributed by atoms with E-state index in [0.29, 0.717) is 0 Å². The fourth-order valence-corrected chi connectivity index (χ4v) is 1.10. The van der Waals surface area contributed by atoms with Crippen molar-refractivity contribution in [2.75, 3.05) is 0 Å². The average molecular weight is 298 g/mol. The Morgan fingerprint density at radius 1 is 0.950 bits per heavy atom. The maximum atomic E-state index is 12.1. The fraction of sp³-hybridized carbons (Fsp3) is 0.846. The molecule has 20 heavy (non-hydrogen) atoms. The smallest absolute Gasteiger partial charge is 0.425 e. The summed E-state index contributed by atoms with van der Waals surface area (Å²) in [5.74, 6) is -1.26. The predicted molar refractivity (Wildman–Crippen MR) is 65.9 cm³/mol. The van der Waals surface area contributed by atoms with E-state index in [0.717, 1.165) is 6.92 Å². The van der Waals surface area contributed by atoms with Gasteiger partial charge in [-0.3, -0.25) is 9.59 Å². The van der Waals surface area contributed by atoms with Gasteiger partial charge < -0.3 is 9.47 Å². The fourth-order valence-electron chi connectivity index (χ4n) is 1.10. The van der Waals surface area contributed by atoms with Gasteiger partial charge in [0, 0.05) is 12.8 Å². The second kappa shape index (κ2) is 8.11. The number of hydrogen-bond acceptors (Lipinski definition) is 4. The van der Waals surface area contributed by atoms with Crippen LogP contribution in [0, 0.1) is 5.92 Å². The molecule has 0 aromatic carbocycles. The van der Waals surface area contributed by atoms with Gasteiger partial charge in [0.05, 0.1) is 0 Å². The quantitative estimate of drug-likeness (QED) is 0.677. The molecule has 4 nitrogen and oxygen atoms in total. The number of esters is 2. The molecule has 0 aliphatic rings. The molecule has 0 radical (unpaired) electrons. The summed E-state index contributed by atoms with van der Waals surface area (Å²) < 4.78 is 45.6. The van der Waals surface area contributed by atoms with E-state index in [2.05, 4.69) is 4.74 Å². The molecule has 0 rings (SSSR count). The van der Waals surface area contributed by atoms with Gasteiger partial charge in [-0.15, -0.1) is 0 Å². The van der Waals surface area contributed by atoms with E-state index in [9.17, 15) is 22.8 Å². The molecule has 7 heteroatoms. The minimum Gasteiger partial charge on any atom is -0.462 e. The highest BCUT2D eigenvalue weighted by atomic mass is 19.4. The van der Waals surface area contributed by atoms with Gasteiger partial charge in [0.2, 0.25) is 0 Å². The zero-order valence-corrected chi connectivity index (χ0v) is 12.1. The van der Waals surface area contributed by atoms with Gasteiger partial charge in [-0.1, -0.05) is 13.8 Å². The average Bonchev–Trinajstić information content (AvgIpc) is 2.27. The van der Waals surface area contributed by atoms with Crippen LogP contribution in [0.3, 0.4) is 0 Å². The molecule has 0 bridgehead atoms. The third kappa shape index (κ3) is 8.01. The van der Waals surface area contributed by atoms with E-state index >= 15 is 0 Å². The number of carbonyl (C=O) groups is 2. The Balaban J connectivity index is 3.90. The lowest BCUT2D eigenvalue weighted by Gasteiger charge is -2.17. The molecule has 0 saturated carbocycles. The van der Waals surface area contributed by atoms with E-state index in [1.165, 1.54) is 0 Å². The SMILES string of the molecule is CC(C)C(C)OC(=O)CCCC(=O)OC(C)C(F)(F)F. The molecule has 118 valence electrons. The number of hydrogen-bond donors (Lipinski definition) is 0. The van der Waals surface area contributed by atoms with Crippen molar-refractivity contribution in [3.05, 3.63) is 0 Å². The Labute approximate surface area is 116 Å². The lowest BCUT2D eigenvalue weighted by molar-refractivity contribution is -0.216. The molecule has 0 aromatic heterocycles. The summed E-state index contributed by atoms with van der Waals surface area (Å²) >= 11 is 0. The molecular formula is C13H21F3O4. The summed E-state index contributed by atoms with van der Waals surface area (Å²) in [6.07, 6.45) is -7.10. The van der Waals surface area contributed by atoms with Gasteiger partial charge in [-0.25, -0.2) is 0 Å². The molecule has 0 spiro atoms. The van der Waals surface area contributed by atoms with Crippen molar-refractivity contribution in [2.24, 2.45) is 5.92 Å². The van der Waals surface area contributed by atoms with E-state index < -0.39 is 24.2 Å². The molecule has 0 fully saturated rings. The first-order chi connectivity index (χ1) is 9.04. The first kappa shape index (κ1) is 18.7. The van der Waals surface area contributed by atoms with Crippen molar-refractivity contribution in [1.82, 2.24) is 0 Å². The van der Waals surface area contributed by atoms with Crippen LogP contribution in [0.2, 0.25) is 0 Å². The minimum atomic E-state index is -4.57. The molecule has 0 heterocycles. The number of carbonyl (C=O) groups excluding carboxylic acids is 2. The Bertz CT molecular complexity index is 326. The van der Waals surface area contributed by atoms with Crippen LogP contribution >= 0.6 is 0 Å². The number of alkyl halides is 3. The molecule has 0 saturated heterocycles. The highest BCUT2D eigenvalue weighted by Gasteiger charge is 2.38. The van der Waals surface area contributed by atoms with Crippen LogP contribution in [0.25, 0.3) is 0 Å². The maximum absolute atomic E-state index is 12.1. The maximum Gasteiger partial charge on any atom is 0.425 e. The van der Waals surface area contributed by atoms with Gasteiger partial charge in [0.25, 0.3) is 0 Å². The van der Waals surface area contributed by atoms with E-state index in [-0.39, 0.29) is 31.3 Å². The monoisotopic (exact) mass is 298 g/mol. The van der Waals surface area contributed by atoms with Crippen molar-refractivity contribution >= 4 is 11.9 Å². The van der Waals surface area contributed by atoms with Gasteiger partial charge in [-0.2, -0.15) is 13.2 Å². The van der Waals surface area contributed by atoms with Crippen LogP contribution in [0.5, 0.6) is 0 Å². The summed E-state index contributed by atoms with van der Waals surface area (Å²) in [7, 11) is 0. The lowest BCUT2D eigenvalue weighted by Crippen LogP contribution is -2.30. The van der Waals surface area contributed by atoms with Gasteiger partial charge in [-0.05, 0) is 26.2 Å². The molecular weight excluding hydrogens is 277 g/mol. The number of halogens is 3. The standard InChI is InChI=1S/C13H21F3O4/c1-8(2)9(3)19-11(17)6-5-7-12(18)20-10(4)13(14,15)16/h8-10H,5-7H2,1-4H3. The predicted octanol–water partition coefficient (Wildman–Crippen LogP) is 3.24. The Kier molecular flexibility index (Phi) is 7.60. The summed E-state index contributed by atoms with van der Waals surface area (Å²) in [5, 5.41) is 0. The van der Waals surface area contributed by atoms with Crippen LogP contribution < -0.4 is 0 Å². The minimum absolute atomic E-state index is 0.0213. The first-order valence-electron chi connectivity index (χ1n) is 6.49. The Morgan fingerprint density at radius 3 is 1.80 bits per heavy atom. The van der Waals surface area contributed by atoms with Gasteiger partial charge in [0.1, 0.15) is 6.10 Å². The second-order valence-electron chi connectivity index (χ2n) is 4.97. The van der Waals surface area contributed by atoms with Gasteiger partial charge >= 0.3 is 18.1 Å². The largest absolute Gasteiger partial charge is 0.462 e. The van der Waals surface area contributed by atoms with E-state index in [4.69, 9.17) is 4.74 Å². The highest BCUT2D eigenvalue weighted by Crippen LogP contribution is 2.22. The van der Waals surface area contributed by atoms with Crippen LogP contribution in [0.4, 0.5) is 13.2 Å². The Hall–Kier alpha value is -1.27. The van der Waals surface area contributed by atoms with Crippen molar-refractivity contribution in [3.63, 3.8) is 0 Å². The van der Waals surface area contributed by atoms with Crippen LogP contribution in [0.1, 0.15) is 47.0 Å². The second-order valence-corrected chi connectivity index (χ2v) is 4.97. The number of ether oxygens (including phenoxy) is 2. The highest BCUT2D eigenvalue weighted by molar-refractivity contribution is 5.72. The van der Waals surface area contributed by atoms with Crippen molar-refractivity contribution in [2.45, 2.75) is 65.3 Å². The van der Waals surface area contributed by atoms with Crippen molar-refractivity contribution in [3.8, 4) is 0 Å². The molecule has 0 aliphatic heterocycles. The summed E-state index contributed by atoms with van der Waals surface area (Å²) in [4.78, 5) is 22.5. The van der Waals surface area contributed by atoms with E-state index in [1.807, 2.05) is 13.8 Å². The van der Waals surface area contributed by atoms with Crippen LogP contribution in [-0.2, 0) is 19.1 Å². The van der Waals surface area contributed by atoms with Crippen molar-refractivity contribution in [1.29, 1.82) is 0 Å². The third-order valence-corrected chi connectivity index (χ3v) is 2.79. The van der Waals surface area contributed by atoms with Crippen LogP contribution in [-0.4, -0.2) is 30.3 Å². The molecule has 0 aromatic rings. The van der Waals surface area contributed by atoms with E-state index in [1.54, 1.807) is 6.92 Å². The van der Waals surface area contributed by atoms with Gasteiger partial charge in [0.15, 0.2) is 6.10 Å². The van der Waals surface area contributed by atoms with Crippen LogP contribution in [0.15, 0.2) is 0 Å². The summed E-state index contributed by atoms with van der Waals surface area (Å²) in [6, 6.07) is 0. The molecule has 2 unspecified atom stereocenters. The Morgan fingerprint density at radius 2 is 1.40 bits per heavy atom. The topological polar surface area (TPSA) is 52.6 Å². The zero-order chi connectivity index (χ0) is 15.9. The lowest BCUT2D eigenvalue weighted by atomic mass is 10.1. The normalized spacial score (nSPS) is 14.8.